The average Bonchev–Trinajstić information content (AvgIpc) is 3.00. The number of nitrogens with one attached hydrogen (secondary N) is 1. The molecule has 174 valence electrons. The number of sulfonamides is 1. The van der Waals surface area contributed by atoms with E-state index in [0.717, 1.165) is 4.31 Å². The van der Waals surface area contributed by atoms with Gasteiger partial charge in [0.1, 0.15) is 10.7 Å². The zero-order valence-electron chi connectivity index (χ0n) is 18.4. The molecule has 0 unspecified atom stereocenters. The fourth-order valence-corrected chi connectivity index (χ4v) is 5.55. The minimum Gasteiger partial charge on any atom is -0.497 e. The van der Waals surface area contributed by atoms with Gasteiger partial charge >= 0.3 is 0 Å². The SMILES string of the molecule is COc1ccc(C2=C(C)C(=O)N(Cc3ccc(C(=O)Nc4ccc(Cl)cc4)cc3)S2(=O)=O)cc1. The molecule has 0 saturated carbocycles. The molecule has 3 aromatic rings. The number of ether oxygens (including phenoxy) is 1. The van der Waals surface area contributed by atoms with Gasteiger partial charge in [-0.2, -0.15) is 0 Å². The number of methoxy groups -OCH3 is 1. The average molecular weight is 497 g/mol. The Labute approximate surface area is 202 Å². The smallest absolute Gasteiger partial charge is 0.268 e. The van der Waals surface area contributed by atoms with Crippen LogP contribution < -0.4 is 10.1 Å². The van der Waals surface area contributed by atoms with Gasteiger partial charge in [0, 0.05) is 21.8 Å². The molecule has 4 rings (SSSR count). The highest BCUT2D eigenvalue weighted by atomic mass is 35.5. The number of amides is 2. The first-order valence-corrected chi connectivity index (χ1v) is 12.1. The summed E-state index contributed by atoms with van der Waals surface area (Å²) >= 11 is 5.86. The predicted octanol–water partition coefficient (Wildman–Crippen LogP) is 4.70. The van der Waals surface area contributed by atoms with E-state index in [-0.39, 0.29) is 22.9 Å². The van der Waals surface area contributed by atoms with Crippen LogP contribution in [0.25, 0.3) is 4.91 Å². The summed E-state index contributed by atoms with van der Waals surface area (Å²) in [7, 11) is -2.52. The zero-order valence-corrected chi connectivity index (χ0v) is 20.0. The molecule has 0 spiro atoms. The number of hydrogen-bond donors (Lipinski definition) is 1. The third-order valence-corrected chi connectivity index (χ3v) is 7.62. The molecule has 1 N–H and O–H groups in total. The van der Waals surface area contributed by atoms with Gasteiger partial charge in [-0.3, -0.25) is 9.59 Å². The van der Waals surface area contributed by atoms with Crippen LogP contribution in [-0.4, -0.2) is 31.6 Å². The quantitative estimate of drug-likeness (QED) is 0.533. The molecule has 1 heterocycles. The summed E-state index contributed by atoms with van der Waals surface area (Å²) in [6.45, 7) is 1.36. The molecule has 0 radical (unpaired) electrons. The van der Waals surface area contributed by atoms with Crippen LogP contribution in [0.3, 0.4) is 0 Å². The van der Waals surface area contributed by atoms with Crippen LogP contribution in [0, 0.1) is 0 Å². The second-order valence-corrected chi connectivity index (χ2v) is 9.89. The number of carbonyl (C=O) groups is 2. The lowest BCUT2D eigenvalue weighted by Crippen LogP contribution is -2.30. The lowest BCUT2D eigenvalue weighted by Gasteiger charge is -2.17. The number of hydrogen-bond acceptors (Lipinski definition) is 5. The molecular weight excluding hydrogens is 476 g/mol. The molecule has 0 aliphatic carbocycles. The van der Waals surface area contributed by atoms with Crippen LogP contribution in [0.15, 0.2) is 78.4 Å². The standard InChI is InChI=1S/C25H21ClN2O5S/c1-16-23(18-7-13-22(33-2)14-8-18)34(31,32)28(25(16)30)15-17-3-5-19(6-4-17)24(29)27-21-11-9-20(26)10-12-21/h3-14H,15H2,1-2H3,(H,27,29). The second kappa shape index (κ2) is 9.32. The van der Waals surface area contributed by atoms with Crippen molar-refractivity contribution in [2.75, 3.05) is 12.4 Å². The largest absolute Gasteiger partial charge is 0.497 e. The van der Waals surface area contributed by atoms with Gasteiger partial charge in [0.05, 0.1) is 13.7 Å². The van der Waals surface area contributed by atoms with Gasteiger partial charge in [-0.15, -0.1) is 0 Å². The lowest BCUT2D eigenvalue weighted by molar-refractivity contribution is -0.122. The predicted molar refractivity (Wildman–Crippen MR) is 131 cm³/mol. The molecule has 0 atom stereocenters. The highest BCUT2D eigenvalue weighted by Crippen LogP contribution is 2.37. The Morgan fingerprint density at radius 2 is 1.59 bits per heavy atom. The van der Waals surface area contributed by atoms with Crippen LogP contribution in [0.5, 0.6) is 5.75 Å². The molecule has 0 fully saturated rings. The van der Waals surface area contributed by atoms with E-state index in [9.17, 15) is 18.0 Å². The van der Waals surface area contributed by atoms with Crippen molar-refractivity contribution in [3.05, 3.63) is 100 Å². The number of rotatable bonds is 6. The Morgan fingerprint density at radius 1 is 0.971 bits per heavy atom. The fraction of sp³-hybridized carbons (Fsp3) is 0.120. The van der Waals surface area contributed by atoms with E-state index in [1.165, 1.54) is 14.0 Å². The molecule has 7 nitrogen and oxygen atoms in total. The number of nitrogens with zero attached hydrogens (tertiary/aromatic N) is 1. The minimum atomic E-state index is -4.04. The third-order valence-electron chi connectivity index (χ3n) is 5.43. The van der Waals surface area contributed by atoms with Crippen molar-refractivity contribution in [2.45, 2.75) is 13.5 Å². The monoisotopic (exact) mass is 496 g/mol. The van der Waals surface area contributed by atoms with Crippen LogP contribution in [0.2, 0.25) is 5.02 Å². The van der Waals surface area contributed by atoms with Gasteiger partial charge < -0.3 is 10.1 Å². The van der Waals surface area contributed by atoms with Crippen molar-refractivity contribution in [3.8, 4) is 5.75 Å². The van der Waals surface area contributed by atoms with Gasteiger partial charge in [0.25, 0.3) is 21.8 Å². The van der Waals surface area contributed by atoms with Crippen LogP contribution in [-0.2, 0) is 21.4 Å². The van der Waals surface area contributed by atoms with Crippen molar-refractivity contribution in [1.29, 1.82) is 0 Å². The molecule has 9 heteroatoms. The summed E-state index contributed by atoms with van der Waals surface area (Å²) < 4.78 is 32.4. The van der Waals surface area contributed by atoms with Gasteiger partial charge in [0.2, 0.25) is 0 Å². The van der Waals surface area contributed by atoms with Crippen molar-refractivity contribution < 1.29 is 22.7 Å². The first kappa shape index (κ1) is 23.5. The molecule has 3 aromatic carbocycles. The zero-order chi connectivity index (χ0) is 24.5. The third kappa shape index (κ3) is 4.55. The Bertz CT molecular complexity index is 1380. The molecule has 0 saturated heterocycles. The van der Waals surface area contributed by atoms with Crippen molar-refractivity contribution in [2.24, 2.45) is 0 Å². The molecule has 0 bridgehead atoms. The van der Waals surface area contributed by atoms with Crippen molar-refractivity contribution in [1.82, 2.24) is 4.31 Å². The maximum atomic E-state index is 13.2. The Hall–Kier alpha value is -3.62. The van der Waals surface area contributed by atoms with E-state index in [4.69, 9.17) is 16.3 Å². The second-order valence-electron chi connectivity index (χ2n) is 7.66. The molecule has 1 aliphatic heterocycles. The maximum absolute atomic E-state index is 13.2. The van der Waals surface area contributed by atoms with Crippen LogP contribution in [0.1, 0.15) is 28.4 Å². The summed E-state index contributed by atoms with van der Waals surface area (Å²) in [6, 6.07) is 19.6. The van der Waals surface area contributed by atoms with E-state index in [1.54, 1.807) is 72.8 Å². The van der Waals surface area contributed by atoms with Crippen LogP contribution >= 0.6 is 11.6 Å². The van der Waals surface area contributed by atoms with Crippen LogP contribution in [0.4, 0.5) is 5.69 Å². The van der Waals surface area contributed by atoms with E-state index in [1.807, 2.05) is 0 Å². The van der Waals surface area contributed by atoms with Gasteiger partial charge in [-0.1, -0.05) is 23.7 Å². The molecule has 1 aliphatic rings. The molecule has 2 amide bonds. The summed E-state index contributed by atoms with van der Waals surface area (Å²) in [4.78, 5) is 25.3. The lowest BCUT2D eigenvalue weighted by atomic mass is 10.1. The van der Waals surface area contributed by atoms with E-state index in [2.05, 4.69) is 5.32 Å². The summed E-state index contributed by atoms with van der Waals surface area (Å²) in [5.41, 5.74) is 2.14. The Kier molecular flexibility index (Phi) is 6.45. The summed E-state index contributed by atoms with van der Waals surface area (Å²) in [6.07, 6.45) is 0. The fourth-order valence-electron chi connectivity index (χ4n) is 3.63. The molecule has 0 aromatic heterocycles. The first-order valence-electron chi connectivity index (χ1n) is 10.3. The Balaban J connectivity index is 1.50. The number of anilines is 1. The maximum Gasteiger partial charge on any atom is 0.268 e. The summed E-state index contributed by atoms with van der Waals surface area (Å²) in [5, 5.41) is 3.33. The van der Waals surface area contributed by atoms with Gasteiger partial charge in [-0.05, 0) is 78.7 Å². The number of benzene rings is 3. The Morgan fingerprint density at radius 3 is 2.18 bits per heavy atom. The van der Waals surface area contributed by atoms with E-state index >= 15 is 0 Å². The van der Waals surface area contributed by atoms with Gasteiger partial charge in [-0.25, -0.2) is 12.7 Å². The normalized spacial score (nSPS) is 14.9. The molecule has 34 heavy (non-hydrogen) atoms. The van der Waals surface area contributed by atoms with Crippen molar-refractivity contribution in [3.63, 3.8) is 0 Å². The molecular formula is C25H21ClN2O5S. The van der Waals surface area contributed by atoms with Crippen molar-refractivity contribution >= 4 is 44.0 Å². The first-order chi connectivity index (χ1) is 16.2. The highest BCUT2D eigenvalue weighted by molar-refractivity contribution is 7.99. The number of halogens is 1. The minimum absolute atomic E-state index is 0.0147. The van der Waals surface area contributed by atoms with Gasteiger partial charge in [0.15, 0.2) is 0 Å². The summed E-state index contributed by atoms with van der Waals surface area (Å²) in [5.74, 6) is -0.311. The van der Waals surface area contributed by atoms with E-state index < -0.39 is 15.9 Å². The van der Waals surface area contributed by atoms with E-state index in [0.29, 0.717) is 33.1 Å². The number of carbonyl (C=O) groups excluding carboxylic acids is 2. The highest BCUT2D eigenvalue weighted by Gasteiger charge is 2.42. The topological polar surface area (TPSA) is 92.8 Å².